The average molecular weight is 324 g/mol. The maximum atomic E-state index is 5.64. The predicted molar refractivity (Wildman–Crippen MR) is 75.8 cm³/mol. The van der Waals surface area contributed by atoms with Crippen molar-refractivity contribution in [2.45, 2.75) is 6.92 Å². The number of ether oxygens (including phenoxy) is 1. The van der Waals surface area contributed by atoms with Crippen molar-refractivity contribution in [3.8, 4) is 16.9 Å². The van der Waals surface area contributed by atoms with Crippen molar-refractivity contribution in [1.29, 1.82) is 0 Å². The van der Waals surface area contributed by atoms with Gasteiger partial charge in [0.15, 0.2) is 0 Å². The Balaban J connectivity index is 2.51. The van der Waals surface area contributed by atoms with Gasteiger partial charge in [0, 0.05) is 9.13 Å². The summed E-state index contributed by atoms with van der Waals surface area (Å²) in [5.41, 5.74) is 2.39. The minimum absolute atomic E-state index is 0.695. The lowest BCUT2D eigenvalue weighted by molar-refractivity contribution is 0.341. The van der Waals surface area contributed by atoms with Crippen molar-refractivity contribution in [2.75, 3.05) is 6.61 Å². The second kappa shape index (κ2) is 5.34. The summed E-state index contributed by atoms with van der Waals surface area (Å²) in [6.45, 7) is 2.70. The summed E-state index contributed by atoms with van der Waals surface area (Å²) in [7, 11) is 0. The van der Waals surface area contributed by atoms with E-state index in [4.69, 9.17) is 4.74 Å². The average Bonchev–Trinajstić information content (AvgIpc) is 2.31. The van der Waals surface area contributed by atoms with Crippen LogP contribution in [0.4, 0.5) is 0 Å². The maximum Gasteiger partial charge on any atom is 0.127 e. The Hall–Kier alpha value is -1.03. The Morgan fingerprint density at radius 1 is 0.938 bits per heavy atom. The molecule has 0 atom stereocenters. The second-order valence-electron chi connectivity index (χ2n) is 3.41. The van der Waals surface area contributed by atoms with E-state index in [9.17, 15) is 0 Å². The van der Waals surface area contributed by atoms with E-state index in [0.29, 0.717) is 6.61 Å². The van der Waals surface area contributed by atoms with Crippen LogP contribution in [-0.2, 0) is 0 Å². The first-order valence-electron chi connectivity index (χ1n) is 5.29. The fourth-order valence-corrected chi connectivity index (χ4v) is 2.33. The van der Waals surface area contributed by atoms with Crippen molar-refractivity contribution in [3.05, 3.63) is 52.1 Å². The molecule has 0 N–H and O–H groups in total. The molecule has 0 unspecified atom stereocenters. The van der Waals surface area contributed by atoms with Gasteiger partial charge in [-0.3, -0.25) is 0 Å². The van der Waals surface area contributed by atoms with Crippen LogP contribution in [0.2, 0.25) is 0 Å². The minimum atomic E-state index is 0.695. The number of benzene rings is 2. The van der Waals surface area contributed by atoms with Crippen LogP contribution in [-0.4, -0.2) is 6.61 Å². The van der Waals surface area contributed by atoms with E-state index in [1.807, 2.05) is 25.1 Å². The highest BCUT2D eigenvalue weighted by Gasteiger charge is 2.07. The molecule has 0 spiro atoms. The van der Waals surface area contributed by atoms with Gasteiger partial charge in [0.05, 0.1) is 6.61 Å². The Kier molecular flexibility index (Phi) is 3.83. The van der Waals surface area contributed by atoms with Crippen LogP contribution < -0.4 is 4.74 Å². The molecular weight excluding hydrogens is 311 g/mol. The second-order valence-corrected chi connectivity index (χ2v) is 4.57. The number of halogens is 1. The summed E-state index contributed by atoms with van der Waals surface area (Å²) in [5, 5.41) is 0. The van der Waals surface area contributed by atoms with Gasteiger partial charge in [-0.15, -0.1) is 0 Å². The van der Waals surface area contributed by atoms with Crippen LogP contribution in [0, 0.1) is 3.57 Å². The SMILES string of the molecule is CCOc1ccccc1-c1ccccc1I. The smallest absolute Gasteiger partial charge is 0.127 e. The van der Waals surface area contributed by atoms with E-state index in [0.717, 1.165) is 11.3 Å². The molecule has 16 heavy (non-hydrogen) atoms. The number of hydrogen-bond acceptors (Lipinski definition) is 1. The highest BCUT2D eigenvalue weighted by atomic mass is 127. The summed E-state index contributed by atoms with van der Waals surface area (Å²) < 4.78 is 6.89. The summed E-state index contributed by atoms with van der Waals surface area (Å²) in [4.78, 5) is 0. The molecule has 0 fully saturated rings. The normalized spacial score (nSPS) is 10.1. The molecule has 2 aromatic carbocycles. The monoisotopic (exact) mass is 324 g/mol. The lowest BCUT2D eigenvalue weighted by atomic mass is 10.1. The zero-order valence-electron chi connectivity index (χ0n) is 9.11. The summed E-state index contributed by atoms with van der Waals surface area (Å²) in [5.74, 6) is 0.953. The Morgan fingerprint density at radius 2 is 1.56 bits per heavy atom. The van der Waals surface area contributed by atoms with E-state index >= 15 is 0 Å². The fraction of sp³-hybridized carbons (Fsp3) is 0.143. The van der Waals surface area contributed by atoms with Gasteiger partial charge in [-0.2, -0.15) is 0 Å². The largest absolute Gasteiger partial charge is 0.493 e. The first-order valence-corrected chi connectivity index (χ1v) is 6.37. The molecule has 0 aliphatic carbocycles. The third-order valence-electron chi connectivity index (χ3n) is 2.35. The number of rotatable bonds is 3. The topological polar surface area (TPSA) is 9.23 Å². The van der Waals surface area contributed by atoms with Crippen molar-refractivity contribution >= 4 is 22.6 Å². The molecule has 0 aliphatic rings. The van der Waals surface area contributed by atoms with E-state index in [-0.39, 0.29) is 0 Å². The Labute approximate surface area is 110 Å². The zero-order valence-corrected chi connectivity index (χ0v) is 11.3. The molecule has 0 heterocycles. The molecule has 2 heteroatoms. The van der Waals surface area contributed by atoms with Crippen LogP contribution in [0.1, 0.15) is 6.92 Å². The van der Waals surface area contributed by atoms with Gasteiger partial charge in [0.25, 0.3) is 0 Å². The first-order chi connectivity index (χ1) is 7.83. The quantitative estimate of drug-likeness (QED) is 0.763. The molecule has 2 rings (SSSR count). The van der Waals surface area contributed by atoms with E-state index in [1.165, 1.54) is 9.13 Å². The van der Waals surface area contributed by atoms with Crippen molar-refractivity contribution in [3.63, 3.8) is 0 Å². The number of hydrogen-bond donors (Lipinski definition) is 0. The molecule has 0 saturated heterocycles. The molecule has 0 saturated carbocycles. The van der Waals surface area contributed by atoms with Gasteiger partial charge in [-0.25, -0.2) is 0 Å². The highest BCUT2D eigenvalue weighted by molar-refractivity contribution is 14.1. The standard InChI is InChI=1S/C14H13IO/c1-2-16-14-10-6-4-8-12(14)11-7-3-5-9-13(11)15/h3-10H,2H2,1H3. The third kappa shape index (κ3) is 2.38. The van der Waals surface area contributed by atoms with Gasteiger partial charge < -0.3 is 4.74 Å². The van der Waals surface area contributed by atoms with Gasteiger partial charge >= 0.3 is 0 Å². The third-order valence-corrected chi connectivity index (χ3v) is 3.29. The highest BCUT2D eigenvalue weighted by Crippen LogP contribution is 2.32. The lowest BCUT2D eigenvalue weighted by Gasteiger charge is -2.11. The van der Waals surface area contributed by atoms with Crippen molar-refractivity contribution in [1.82, 2.24) is 0 Å². The van der Waals surface area contributed by atoms with Crippen LogP contribution >= 0.6 is 22.6 Å². The first kappa shape index (κ1) is 11.5. The molecule has 82 valence electrons. The molecular formula is C14H13IO. The molecule has 0 amide bonds. The molecule has 0 aromatic heterocycles. The van der Waals surface area contributed by atoms with Crippen molar-refractivity contribution in [2.24, 2.45) is 0 Å². The van der Waals surface area contributed by atoms with Gasteiger partial charge in [-0.05, 0) is 47.2 Å². The molecule has 1 nitrogen and oxygen atoms in total. The van der Waals surface area contributed by atoms with Gasteiger partial charge in [0.1, 0.15) is 5.75 Å². The number of para-hydroxylation sites is 1. The lowest BCUT2D eigenvalue weighted by Crippen LogP contribution is -1.94. The van der Waals surface area contributed by atoms with E-state index in [1.54, 1.807) is 0 Å². The summed E-state index contributed by atoms with van der Waals surface area (Å²) >= 11 is 2.35. The van der Waals surface area contributed by atoms with E-state index in [2.05, 4.69) is 52.9 Å². The van der Waals surface area contributed by atoms with Crippen LogP contribution in [0.15, 0.2) is 48.5 Å². The van der Waals surface area contributed by atoms with E-state index < -0.39 is 0 Å². The van der Waals surface area contributed by atoms with Crippen LogP contribution in [0.5, 0.6) is 5.75 Å². The Morgan fingerprint density at radius 3 is 2.25 bits per heavy atom. The van der Waals surface area contributed by atoms with Crippen LogP contribution in [0.25, 0.3) is 11.1 Å². The zero-order chi connectivity index (χ0) is 11.4. The van der Waals surface area contributed by atoms with Gasteiger partial charge in [-0.1, -0.05) is 36.4 Å². The molecule has 0 radical (unpaired) electrons. The van der Waals surface area contributed by atoms with Crippen LogP contribution in [0.3, 0.4) is 0 Å². The fourth-order valence-electron chi connectivity index (χ4n) is 1.65. The molecule has 0 bridgehead atoms. The molecule has 0 aliphatic heterocycles. The molecule has 2 aromatic rings. The van der Waals surface area contributed by atoms with Gasteiger partial charge in [0.2, 0.25) is 0 Å². The maximum absolute atomic E-state index is 5.64. The predicted octanol–water partition coefficient (Wildman–Crippen LogP) is 4.36. The minimum Gasteiger partial charge on any atom is -0.493 e. The Bertz CT molecular complexity index is 480. The summed E-state index contributed by atoms with van der Waals surface area (Å²) in [6.07, 6.45) is 0. The summed E-state index contributed by atoms with van der Waals surface area (Å²) in [6, 6.07) is 16.5. The van der Waals surface area contributed by atoms with Crippen molar-refractivity contribution < 1.29 is 4.74 Å².